The molecule has 0 bridgehead atoms. The molecule has 2 heterocycles. The number of likely N-dealkylation sites (tertiary alicyclic amines) is 1. The van der Waals surface area contributed by atoms with Crippen LogP contribution in [-0.4, -0.2) is 35.6 Å². The summed E-state index contributed by atoms with van der Waals surface area (Å²) in [7, 11) is 0. The molecule has 106 valence electrons. The van der Waals surface area contributed by atoms with E-state index in [0.717, 1.165) is 18.5 Å². The molecule has 0 atom stereocenters. The third kappa shape index (κ3) is 4.75. The molecule has 0 spiro atoms. The first-order valence-corrected chi connectivity index (χ1v) is 7.25. The second-order valence-electron chi connectivity index (χ2n) is 5.76. The number of piperidine rings is 1. The number of nitrogens with one attached hydrogen (secondary N) is 1. The Morgan fingerprint density at radius 1 is 1.11 bits per heavy atom. The van der Waals surface area contributed by atoms with Crippen LogP contribution in [-0.2, 0) is 6.54 Å². The van der Waals surface area contributed by atoms with E-state index in [4.69, 9.17) is 0 Å². The predicted octanol–water partition coefficient (Wildman–Crippen LogP) is 2.47. The van der Waals surface area contributed by atoms with Crippen LogP contribution in [0, 0.1) is 5.92 Å². The summed E-state index contributed by atoms with van der Waals surface area (Å²) < 4.78 is 0. The predicted molar refractivity (Wildman–Crippen MR) is 80.5 cm³/mol. The molecular weight excluding hydrogens is 258 g/mol. The van der Waals surface area contributed by atoms with Gasteiger partial charge in [-0.3, -0.25) is 9.88 Å². The van der Waals surface area contributed by atoms with Gasteiger partial charge in [0.25, 0.3) is 0 Å². The van der Waals surface area contributed by atoms with Gasteiger partial charge in [-0.15, -0.1) is 12.4 Å². The third-order valence-corrected chi connectivity index (χ3v) is 4.14. The minimum atomic E-state index is 0. The maximum absolute atomic E-state index is 4.07. The summed E-state index contributed by atoms with van der Waals surface area (Å²) in [5.74, 6) is 1.000. The van der Waals surface area contributed by atoms with Crippen LogP contribution < -0.4 is 5.32 Å². The van der Waals surface area contributed by atoms with E-state index < -0.39 is 0 Å². The van der Waals surface area contributed by atoms with Crippen molar-refractivity contribution < 1.29 is 0 Å². The number of aromatic nitrogens is 1. The molecule has 1 N–H and O–H groups in total. The van der Waals surface area contributed by atoms with Crippen molar-refractivity contribution in [2.45, 2.75) is 38.3 Å². The quantitative estimate of drug-likeness (QED) is 0.899. The largest absolute Gasteiger partial charge is 0.314 e. The number of nitrogens with zero attached hydrogens (tertiary/aromatic N) is 2. The average Bonchev–Trinajstić information content (AvgIpc) is 3.23. The summed E-state index contributed by atoms with van der Waals surface area (Å²) in [5.41, 5.74) is 1.38. The zero-order valence-electron chi connectivity index (χ0n) is 11.4. The van der Waals surface area contributed by atoms with Crippen molar-refractivity contribution >= 4 is 12.4 Å². The summed E-state index contributed by atoms with van der Waals surface area (Å²) >= 11 is 0. The summed E-state index contributed by atoms with van der Waals surface area (Å²) in [4.78, 5) is 6.63. The highest BCUT2D eigenvalue weighted by atomic mass is 35.5. The highest BCUT2D eigenvalue weighted by Crippen LogP contribution is 2.28. The van der Waals surface area contributed by atoms with Gasteiger partial charge in [-0.25, -0.2) is 0 Å². The van der Waals surface area contributed by atoms with Crippen LogP contribution in [0.15, 0.2) is 24.5 Å². The summed E-state index contributed by atoms with van der Waals surface area (Å²) in [6.07, 6.45) is 9.29. The van der Waals surface area contributed by atoms with Gasteiger partial charge in [0.2, 0.25) is 0 Å². The monoisotopic (exact) mass is 281 g/mol. The Labute approximate surface area is 122 Å². The lowest BCUT2D eigenvalue weighted by molar-refractivity contribution is 0.190. The van der Waals surface area contributed by atoms with Gasteiger partial charge in [0.15, 0.2) is 0 Å². The molecule has 1 aromatic heterocycles. The van der Waals surface area contributed by atoms with Crippen molar-refractivity contribution in [2.24, 2.45) is 5.92 Å². The fourth-order valence-electron chi connectivity index (χ4n) is 2.70. The van der Waals surface area contributed by atoms with Crippen molar-refractivity contribution in [3.63, 3.8) is 0 Å². The van der Waals surface area contributed by atoms with Crippen LogP contribution in [0.2, 0.25) is 0 Å². The number of hydrogen-bond donors (Lipinski definition) is 1. The van der Waals surface area contributed by atoms with Gasteiger partial charge in [0.1, 0.15) is 0 Å². The zero-order valence-corrected chi connectivity index (χ0v) is 12.2. The lowest BCUT2D eigenvalue weighted by Crippen LogP contribution is -2.42. The number of rotatable bonds is 5. The number of pyridine rings is 1. The van der Waals surface area contributed by atoms with Crippen LogP contribution in [0.5, 0.6) is 0 Å². The van der Waals surface area contributed by atoms with Crippen LogP contribution >= 0.6 is 12.4 Å². The highest BCUT2D eigenvalue weighted by molar-refractivity contribution is 5.85. The van der Waals surface area contributed by atoms with E-state index in [0.29, 0.717) is 0 Å². The standard InChI is InChI=1S/C15H23N3.ClH/c1-2-13(1)11-17-15-5-9-18(10-6-15)12-14-3-7-16-8-4-14;/h3-4,7-8,13,15,17H,1-2,5-6,9-12H2;1H. The van der Waals surface area contributed by atoms with Gasteiger partial charge in [-0.1, -0.05) is 0 Å². The molecule has 2 aliphatic rings. The molecule has 3 rings (SSSR count). The van der Waals surface area contributed by atoms with Gasteiger partial charge in [0, 0.05) is 25.0 Å². The fraction of sp³-hybridized carbons (Fsp3) is 0.667. The molecule has 1 saturated heterocycles. The third-order valence-electron chi connectivity index (χ3n) is 4.14. The first-order chi connectivity index (χ1) is 8.90. The summed E-state index contributed by atoms with van der Waals surface area (Å²) in [5, 5.41) is 3.73. The van der Waals surface area contributed by atoms with E-state index in [1.54, 1.807) is 0 Å². The average molecular weight is 282 g/mol. The second kappa shape index (κ2) is 7.22. The molecule has 1 aliphatic carbocycles. The Balaban J connectivity index is 0.00000133. The maximum Gasteiger partial charge on any atom is 0.0271 e. The Morgan fingerprint density at radius 2 is 1.79 bits per heavy atom. The molecule has 4 heteroatoms. The Kier molecular flexibility index (Phi) is 5.61. The molecule has 3 nitrogen and oxygen atoms in total. The van der Waals surface area contributed by atoms with Crippen LogP contribution in [0.25, 0.3) is 0 Å². The topological polar surface area (TPSA) is 28.2 Å². The fourth-order valence-corrected chi connectivity index (χ4v) is 2.70. The SMILES string of the molecule is Cl.c1cc(CN2CCC(NCC3CC3)CC2)ccn1. The minimum absolute atomic E-state index is 0. The second-order valence-corrected chi connectivity index (χ2v) is 5.76. The first kappa shape index (κ1) is 14.8. The normalized spacial score (nSPS) is 21.1. The van der Waals surface area contributed by atoms with E-state index in [9.17, 15) is 0 Å². The van der Waals surface area contributed by atoms with E-state index in [1.165, 1.54) is 50.9 Å². The van der Waals surface area contributed by atoms with E-state index in [2.05, 4.69) is 27.3 Å². The molecule has 0 amide bonds. The van der Waals surface area contributed by atoms with Gasteiger partial charge >= 0.3 is 0 Å². The van der Waals surface area contributed by atoms with E-state index in [-0.39, 0.29) is 12.4 Å². The van der Waals surface area contributed by atoms with E-state index >= 15 is 0 Å². The lowest BCUT2D eigenvalue weighted by atomic mass is 10.0. The zero-order chi connectivity index (χ0) is 12.2. The maximum atomic E-state index is 4.07. The molecule has 0 radical (unpaired) electrons. The molecule has 1 aliphatic heterocycles. The number of hydrogen-bond acceptors (Lipinski definition) is 3. The molecule has 1 aromatic rings. The first-order valence-electron chi connectivity index (χ1n) is 7.25. The lowest BCUT2D eigenvalue weighted by Gasteiger charge is -2.32. The van der Waals surface area contributed by atoms with Crippen LogP contribution in [0.3, 0.4) is 0 Å². The molecule has 0 unspecified atom stereocenters. The van der Waals surface area contributed by atoms with E-state index in [1.807, 2.05) is 12.4 Å². The molecule has 1 saturated carbocycles. The van der Waals surface area contributed by atoms with Crippen molar-refractivity contribution in [2.75, 3.05) is 19.6 Å². The summed E-state index contributed by atoms with van der Waals surface area (Å²) in [6, 6.07) is 5.01. The smallest absolute Gasteiger partial charge is 0.0271 e. The number of halogens is 1. The minimum Gasteiger partial charge on any atom is -0.314 e. The van der Waals surface area contributed by atoms with Gasteiger partial charge in [-0.05, 0) is 68.9 Å². The molecular formula is C15H24ClN3. The Morgan fingerprint density at radius 3 is 2.42 bits per heavy atom. The Bertz CT molecular complexity index is 359. The molecule has 19 heavy (non-hydrogen) atoms. The van der Waals surface area contributed by atoms with Crippen molar-refractivity contribution in [3.8, 4) is 0 Å². The molecule has 0 aromatic carbocycles. The Hall–Kier alpha value is -0.640. The molecule has 2 fully saturated rings. The van der Waals surface area contributed by atoms with Crippen molar-refractivity contribution in [3.05, 3.63) is 30.1 Å². The van der Waals surface area contributed by atoms with Crippen LogP contribution in [0.1, 0.15) is 31.2 Å². The summed E-state index contributed by atoms with van der Waals surface area (Å²) in [6.45, 7) is 4.79. The van der Waals surface area contributed by atoms with Gasteiger partial charge in [-0.2, -0.15) is 0 Å². The van der Waals surface area contributed by atoms with Gasteiger partial charge < -0.3 is 5.32 Å². The van der Waals surface area contributed by atoms with Crippen LogP contribution in [0.4, 0.5) is 0 Å². The van der Waals surface area contributed by atoms with Crippen molar-refractivity contribution in [1.82, 2.24) is 15.2 Å². The highest BCUT2D eigenvalue weighted by Gasteiger charge is 2.24. The van der Waals surface area contributed by atoms with Gasteiger partial charge in [0.05, 0.1) is 0 Å². The van der Waals surface area contributed by atoms with Crippen molar-refractivity contribution in [1.29, 1.82) is 0 Å².